The van der Waals surface area contributed by atoms with E-state index in [0.717, 1.165) is 37.3 Å². The number of aliphatic imine (C=N–C) groups is 1. The summed E-state index contributed by atoms with van der Waals surface area (Å²) in [5.41, 5.74) is 10.8. The van der Waals surface area contributed by atoms with Gasteiger partial charge in [-0.15, -0.1) is 11.8 Å². The molecule has 4 heteroatoms. The summed E-state index contributed by atoms with van der Waals surface area (Å²) < 4.78 is 0. The van der Waals surface area contributed by atoms with Crippen LogP contribution in [0.1, 0.15) is 56.1 Å². The Bertz CT molecular complexity index is 1400. The topological polar surface area (TPSA) is 28.5 Å². The van der Waals surface area contributed by atoms with Crippen LogP contribution in [0.25, 0.3) is 27.5 Å². The van der Waals surface area contributed by atoms with Crippen molar-refractivity contribution in [2.45, 2.75) is 51.4 Å². The Labute approximate surface area is 231 Å². The normalized spacial score (nSPS) is 22.2. The number of hydrogen-bond acceptors (Lipinski definition) is 4. The molecule has 5 aliphatic rings. The molecule has 3 aromatic rings. The van der Waals surface area contributed by atoms with Gasteiger partial charge in [-0.25, -0.2) is 4.98 Å². The van der Waals surface area contributed by atoms with Crippen molar-refractivity contribution in [3.8, 4) is 11.1 Å². The Hall–Kier alpha value is -2.85. The van der Waals surface area contributed by atoms with E-state index in [4.69, 9.17) is 4.98 Å². The lowest BCUT2D eigenvalue weighted by Gasteiger charge is -2.40. The second-order valence-electron chi connectivity index (χ2n) is 11.4. The van der Waals surface area contributed by atoms with Crippen LogP contribution in [0, 0.1) is 11.8 Å². The summed E-state index contributed by atoms with van der Waals surface area (Å²) in [6.07, 6.45) is 17.4. The average Bonchev–Trinajstić information content (AvgIpc) is 3.70. The zero-order valence-corrected chi connectivity index (χ0v) is 23.1. The predicted octanol–water partition coefficient (Wildman–Crippen LogP) is 8.34. The number of hydrogen-bond donors (Lipinski definition) is 0. The summed E-state index contributed by atoms with van der Waals surface area (Å²) in [6.45, 7) is 3.32. The molecule has 8 rings (SSSR count). The zero-order chi connectivity index (χ0) is 25.3. The van der Waals surface area contributed by atoms with Gasteiger partial charge < -0.3 is 4.90 Å². The first-order chi connectivity index (χ1) is 18.8. The number of nitrogens with zero attached hydrogens (tertiary/aromatic N) is 3. The lowest BCUT2D eigenvalue weighted by atomic mass is 9.64. The molecule has 0 radical (unpaired) electrons. The maximum Gasteiger partial charge on any atom is 0.128 e. The van der Waals surface area contributed by atoms with E-state index in [1.165, 1.54) is 84.6 Å². The smallest absolute Gasteiger partial charge is 0.128 e. The van der Waals surface area contributed by atoms with Crippen molar-refractivity contribution in [1.29, 1.82) is 0 Å². The summed E-state index contributed by atoms with van der Waals surface area (Å²) in [5.74, 6) is 3.99. The molecule has 0 amide bonds. The molecule has 0 bridgehead atoms. The number of aromatic nitrogens is 1. The molecule has 2 aliphatic heterocycles. The quantitative estimate of drug-likeness (QED) is 0.348. The number of benzene rings is 2. The molecule has 0 N–H and O–H groups in total. The Morgan fingerprint density at radius 1 is 0.921 bits per heavy atom. The van der Waals surface area contributed by atoms with E-state index in [1.807, 2.05) is 5.55 Å². The average molecular weight is 520 g/mol. The number of thioether (sulfide) groups is 1. The Balaban J connectivity index is 0.000000437. The van der Waals surface area contributed by atoms with Crippen molar-refractivity contribution in [2.24, 2.45) is 16.8 Å². The SMILES string of the molecule is C1=CC2=C(CC1)C(C1CCC1)Cc1c2ccc2cc(-c3ccc(N4CCCC4)nc3)ccc12.C1=NCCS1. The molecule has 38 heavy (non-hydrogen) atoms. The molecule has 1 saturated heterocycles. The zero-order valence-electron chi connectivity index (χ0n) is 22.2. The molecule has 2 fully saturated rings. The second kappa shape index (κ2) is 10.7. The maximum absolute atomic E-state index is 4.79. The van der Waals surface area contributed by atoms with Crippen LogP contribution in [0.3, 0.4) is 0 Å². The fourth-order valence-corrected chi connectivity index (χ4v) is 7.49. The van der Waals surface area contributed by atoms with Crippen LogP contribution in [-0.2, 0) is 6.42 Å². The van der Waals surface area contributed by atoms with Gasteiger partial charge in [0.15, 0.2) is 0 Å². The number of pyridine rings is 1. The molecule has 1 unspecified atom stereocenters. The first-order valence-corrected chi connectivity index (χ1v) is 15.7. The van der Waals surface area contributed by atoms with Crippen LogP contribution in [0.5, 0.6) is 0 Å². The third kappa shape index (κ3) is 4.62. The second-order valence-corrected chi connectivity index (χ2v) is 12.3. The number of allylic oxidation sites excluding steroid dienone is 4. The van der Waals surface area contributed by atoms with Crippen LogP contribution in [0.15, 0.2) is 71.4 Å². The molecule has 0 spiro atoms. The minimum absolute atomic E-state index is 0.763. The molecule has 3 nitrogen and oxygen atoms in total. The predicted molar refractivity (Wildman–Crippen MR) is 164 cm³/mol. The van der Waals surface area contributed by atoms with Crippen molar-refractivity contribution in [3.63, 3.8) is 0 Å². The highest BCUT2D eigenvalue weighted by Gasteiger charge is 2.35. The van der Waals surface area contributed by atoms with Gasteiger partial charge in [0.25, 0.3) is 0 Å². The summed E-state index contributed by atoms with van der Waals surface area (Å²) in [4.78, 5) is 11.1. The largest absolute Gasteiger partial charge is 0.357 e. The van der Waals surface area contributed by atoms with Gasteiger partial charge in [-0.05, 0) is 108 Å². The third-order valence-electron chi connectivity index (χ3n) is 9.22. The summed E-state index contributed by atoms with van der Waals surface area (Å²) in [7, 11) is 0. The lowest BCUT2D eigenvalue weighted by molar-refractivity contribution is 0.227. The van der Waals surface area contributed by atoms with E-state index >= 15 is 0 Å². The van der Waals surface area contributed by atoms with Crippen LogP contribution >= 0.6 is 11.8 Å². The standard InChI is InChI=1S/C31H32N2.C3H5NS/c1-2-9-27-26(8-1)28-14-11-23-18-22(24-12-15-31(32-20-24)33-16-3-4-17-33)10-13-25(23)30(28)19-29(27)21-6-5-7-21;1-2-5-3-4-1/h1,8,10-15,18,20-21,29H,2-7,9,16-17,19H2;3H,1-2H2. The monoisotopic (exact) mass is 519 g/mol. The van der Waals surface area contributed by atoms with Crippen molar-refractivity contribution in [1.82, 2.24) is 4.98 Å². The maximum atomic E-state index is 4.79. The Kier molecular flexibility index (Phi) is 6.83. The molecule has 1 saturated carbocycles. The Morgan fingerprint density at radius 3 is 2.53 bits per heavy atom. The molecule has 1 atom stereocenters. The number of anilines is 1. The first kappa shape index (κ1) is 24.2. The highest BCUT2D eigenvalue weighted by Crippen LogP contribution is 2.49. The van der Waals surface area contributed by atoms with Gasteiger partial charge in [0, 0.05) is 37.1 Å². The van der Waals surface area contributed by atoms with Crippen LogP contribution in [0.2, 0.25) is 0 Å². The van der Waals surface area contributed by atoms with Crippen LogP contribution in [-0.4, -0.2) is 35.9 Å². The molecular formula is C34H37N3S. The Morgan fingerprint density at radius 2 is 1.82 bits per heavy atom. The third-order valence-corrected chi connectivity index (χ3v) is 9.94. The van der Waals surface area contributed by atoms with Crippen LogP contribution in [0.4, 0.5) is 5.82 Å². The van der Waals surface area contributed by atoms with Gasteiger partial charge >= 0.3 is 0 Å². The number of rotatable bonds is 3. The lowest BCUT2D eigenvalue weighted by Crippen LogP contribution is -2.29. The van der Waals surface area contributed by atoms with Gasteiger partial charge in [0.1, 0.15) is 5.82 Å². The number of fused-ring (bicyclic) bond motifs is 4. The van der Waals surface area contributed by atoms with E-state index in [9.17, 15) is 0 Å². The molecule has 1 aromatic heterocycles. The van der Waals surface area contributed by atoms with Crippen molar-refractivity contribution in [3.05, 3.63) is 77.5 Å². The van der Waals surface area contributed by atoms with E-state index in [-0.39, 0.29) is 0 Å². The first-order valence-electron chi connectivity index (χ1n) is 14.6. The summed E-state index contributed by atoms with van der Waals surface area (Å²) in [5, 5.41) is 2.82. The molecule has 3 heterocycles. The minimum atomic E-state index is 0.763. The molecule has 3 aliphatic carbocycles. The van der Waals surface area contributed by atoms with E-state index in [0.29, 0.717) is 0 Å². The fourth-order valence-electron chi connectivity index (χ4n) is 6.97. The van der Waals surface area contributed by atoms with Crippen molar-refractivity contribution < 1.29 is 0 Å². The highest BCUT2D eigenvalue weighted by atomic mass is 32.2. The van der Waals surface area contributed by atoms with Crippen molar-refractivity contribution in [2.75, 3.05) is 30.3 Å². The minimum Gasteiger partial charge on any atom is -0.357 e. The van der Waals surface area contributed by atoms with Gasteiger partial charge in [-0.3, -0.25) is 4.99 Å². The molecule has 2 aromatic carbocycles. The van der Waals surface area contributed by atoms with E-state index in [2.05, 4.69) is 70.7 Å². The highest BCUT2D eigenvalue weighted by molar-refractivity contribution is 8.12. The van der Waals surface area contributed by atoms with Gasteiger partial charge in [-0.2, -0.15) is 0 Å². The van der Waals surface area contributed by atoms with E-state index in [1.54, 1.807) is 28.5 Å². The van der Waals surface area contributed by atoms with Crippen LogP contribution < -0.4 is 4.90 Å². The molecular weight excluding hydrogens is 482 g/mol. The van der Waals surface area contributed by atoms with Crippen molar-refractivity contribution >= 4 is 39.5 Å². The van der Waals surface area contributed by atoms with Gasteiger partial charge in [0.05, 0.1) is 5.55 Å². The van der Waals surface area contributed by atoms with E-state index < -0.39 is 0 Å². The van der Waals surface area contributed by atoms with Gasteiger partial charge in [-0.1, -0.05) is 48.4 Å². The molecule has 194 valence electrons. The fraction of sp³-hybridized carbons (Fsp3) is 0.412. The summed E-state index contributed by atoms with van der Waals surface area (Å²) >= 11 is 1.78. The van der Waals surface area contributed by atoms with Gasteiger partial charge in [0.2, 0.25) is 0 Å². The summed E-state index contributed by atoms with van der Waals surface area (Å²) in [6, 6.07) is 16.3.